The fraction of sp³-hybridized carbons (Fsp3) is 0.818. The average molecular weight is 222 g/mol. The molecule has 90 valence electrons. The van der Waals surface area contributed by atoms with Crippen molar-refractivity contribution in [1.29, 1.82) is 0 Å². The molecule has 0 heterocycles. The van der Waals surface area contributed by atoms with E-state index in [1.165, 1.54) is 0 Å². The predicted octanol–water partition coefficient (Wildman–Crippen LogP) is 3.68. The summed E-state index contributed by atoms with van der Waals surface area (Å²) < 4.78 is 5.55. The monoisotopic (exact) mass is 222 g/mol. The Bertz CT molecular complexity index is 122. The van der Waals surface area contributed by atoms with Gasteiger partial charge in [-0.1, -0.05) is 28.4 Å². The molecule has 0 saturated heterocycles. The van der Waals surface area contributed by atoms with Crippen molar-refractivity contribution in [2.45, 2.75) is 54.4 Å². The second-order valence-electron chi connectivity index (χ2n) is 3.41. The van der Waals surface area contributed by atoms with Gasteiger partial charge in [-0.15, -0.1) is 6.58 Å². The van der Waals surface area contributed by atoms with Gasteiger partial charge in [-0.2, -0.15) is 0 Å². The van der Waals surface area contributed by atoms with E-state index in [4.69, 9.17) is 9.53 Å². The Kier molecular flexibility index (Phi) is 18.5. The molecule has 1 atom stereocenters. The zero-order chi connectivity index (χ0) is 8.91. The molecule has 1 N–H and O–H groups in total. The molecule has 0 saturated carbocycles. The molecule has 14 heavy (non-hydrogen) atoms. The molecule has 0 aliphatic heterocycles. The zero-order valence-corrected chi connectivity index (χ0v) is 8.63. The summed E-state index contributed by atoms with van der Waals surface area (Å²) in [5.41, 5.74) is 0. The molecule has 0 aromatic carbocycles. The van der Waals surface area contributed by atoms with Crippen LogP contribution < -0.4 is 0 Å². The first-order chi connectivity index (χ1) is 4.98. The van der Waals surface area contributed by atoms with Crippen LogP contribution in [0.25, 0.3) is 0 Å². The maximum Gasteiger partial charge on any atom is 0.190 e. The van der Waals surface area contributed by atoms with Crippen LogP contribution in [-0.2, 0) is 4.43 Å². The lowest BCUT2D eigenvalue weighted by molar-refractivity contribution is 0.118. The van der Waals surface area contributed by atoms with Crippen LogP contribution in [0.4, 0.5) is 0 Å². The Balaban J connectivity index is -0.000000167. The first-order valence-electron chi connectivity index (χ1n) is 3.91. The summed E-state index contributed by atoms with van der Waals surface area (Å²) in [6.07, 6.45) is 1.53. The van der Waals surface area contributed by atoms with E-state index in [1.54, 1.807) is 6.92 Å². The number of aliphatic hydroxyl groups excluding tert-OH is 1. The summed E-state index contributed by atoms with van der Waals surface area (Å²) in [5.74, 6) is 0. The summed E-state index contributed by atoms with van der Waals surface area (Å²) >= 11 is 0. The van der Waals surface area contributed by atoms with Crippen LogP contribution >= 0.6 is 0 Å². The third-order valence-corrected chi connectivity index (χ3v) is 3.57. The summed E-state index contributed by atoms with van der Waals surface area (Å²) in [6, 6.07) is 0.944. The van der Waals surface area contributed by atoms with Gasteiger partial charge in [-0.25, -0.2) is 0 Å². The van der Waals surface area contributed by atoms with Gasteiger partial charge in [0, 0.05) is 0 Å². The van der Waals surface area contributed by atoms with Crippen molar-refractivity contribution in [3.05, 3.63) is 12.7 Å². The second kappa shape index (κ2) is 11.0. The minimum Gasteiger partial charge on any atom is -0.414 e. The first-order valence-corrected chi connectivity index (χ1v) is 7.02. The van der Waals surface area contributed by atoms with Gasteiger partial charge in [0.05, 0.1) is 12.7 Å². The topological polar surface area (TPSA) is 29.5 Å². The van der Waals surface area contributed by atoms with Crippen molar-refractivity contribution in [3.8, 4) is 0 Å². The molecule has 0 rings (SSSR count). The van der Waals surface area contributed by atoms with Crippen LogP contribution in [0.3, 0.4) is 0 Å². The van der Waals surface area contributed by atoms with E-state index in [-0.39, 0.29) is 28.4 Å². The normalized spacial score (nSPS) is 11.4. The first kappa shape index (κ1) is 23.6. The fourth-order valence-electron chi connectivity index (χ4n) is 0.753. The Morgan fingerprint density at radius 2 is 1.79 bits per heavy atom. The third-order valence-electron chi connectivity index (χ3n) is 1.35. The Morgan fingerprint density at radius 1 is 1.36 bits per heavy atom. The summed E-state index contributed by atoms with van der Waals surface area (Å²) in [6.45, 7) is 10.1. The standard InChI is InChI=1S/C8H18O2Si.3CH4/c1-5-6-11(3,4)10-7-8(2)9;;;/h5,8-9H,1,6-7H2,2-4H3;3*1H4. The minimum atomic E-state index is -1.54. The maximum atomic E-state index is 8.96. The molecule has 0 aromatic heterocycles. The van der Waals surface area contributed by atoms with Gasteiger partial charge >= 0.3 is 0 Å². The Labute approximate surface area is 92.1 Å². The molecule has 0 fully saturated rings. The van der Waals surface area contributed by atoms with Crippen molar-refractivity contribution in [3.63, 3.8) is 0 Å². The van der Waals surface area contributed by atoms with Gasteiger partial charge in [0.25, 0.3) is 0 Å². The molecule has 2 nitrogen and oxygen atoms in total. The van der Waals surface area contributed by atoms with E-state index in [2.05, 4.69) is 19.7 Å². The molecule has 0 aliphatic rings. The van der Waals surface area contributed by atoms with E-state index >= 15 is 0 Å². The molecule has 0 radical (unpaired) electrons. The predicted molar refractivity (Wildman–Crippen MR) is 70.3 cm³/mol. The van der Waals surface area contributed by atoms with Crippen molar-refractivity contribution in [2.75, 3.05) is 6.61 Å². The zero-order valence-electron chi connectivity index (χ0n) is 7.63. The SMILES string of the molecule is C.C.C.C=CC[Si](C)(C)OCC(C)O. The number of hydrogen-bond donors (Lipinski definition) is 1. The van der Waals surface area contributed by atoms with Gasteiger partial charge in [0.15, 0.2) is 8.32 Å². The minimum absolute atomic E-state index is 0. The van der Waals surface area contributed by atoms with Crippen LogP contribution in [-0.4, -0.2) is 26.1 Å². The quantitative estimate of drug-likeness (QED) is 0.568. The highest BCUT2D eigenvalue weighted by Gasteiger charge is 2.20. The maximum absolute atomic E-state index is 8.96. The van der Waals surface area contributed by atoms with Crippen LogP contribution in [0.5, 0.6) is 0 Å². The Hall–Kier alpha value is -0.123. The van der Waals surface area contributed by atoms with Crippen molar-refractivity contribution < 1.29 is 9.53 Å². The smallest absolute Gasteiger partial charge is 0.190 e. The van der Waals surface area contributed by atoms with Crippen LogP contribution in [0.15, 0.2) is 12.7 Å². The van der Waals surface area contributed by atoms with E-state index in [9.17, 15) is 0 Å². The summed E-state index contributed by atoms with van der Waals surface area (Å²) in [5, 5.41) is 8.96. The molecule has 0 spiro atoms. The van der Waals surface area contributed by atoms with Crippen molar-refractivity contribution in [2.24, 2.45) is 0 Å². The van der Waals surface area contributed by atoms with Crippen LogP contribution in [0, 0.1) is 0 Å². The molecule has 0 aliphatic carbocycles. The lowest BCUT2D eigenvalue weighted by Crippen LogP contribution is -2.32. The van der Waals surface area contributed by atoms with Gasteiger partial charge < -0.3 is 9.53 Å². The number of aliphatic hydroxyl groups is 1. The van der Waals surface area contributed by atoms with Crippen LogP contribution in [0.1, 0.15) is 29.2 Å². The van der Waals surface area contributed by atoms with Gasteiger partial charge in [-0.3, -0.25) is 0 Å². The number of hydrogen-bond acceptors (Lipinski definition) is 2. The van der Waals surface area contributed by atoms with Crippen LogP contribution in [0.2, 0.25) is 19.1 Å². The molecule has 1 unspecified atom stereocenters. The summed E-state index contributed by atoms with van der Waals surface area (Å²) in [7, 11) is -1.54. The lowest BCUT2D eigenvalue weighted by Gasteiger charge is -2.21. The van der Waals surface area contributed by atoms with Crippen molar-refractivity contribution in [1.82, 2.24) is 0 Å². The molecule has 3 heteroatoms. The van der Waals surface area contributed by atoms with E-state index in [1.807, 2.05) is 6.08 Å². The fourth-order valence-corrected chi connectivity index (χ4v) is 2.26. The van der Waals surface area contributed by atoms with Gasteiger partial charge in [-0.05, 0) is 26.1 Å². The Morgan fingerprint density at radius 3 is 2.07 bits per heavy atom. The highest BCUT2D eigenvalue weighted by Crippen LogP contribution is 2.11. The molecular weight excluding hydrogens is 192 g/mol. The second-order valence-corrected chi connectivity index (χ2v) is 7.63. The average Bonchev–Trinajstić information content (AvgIpc) is 1.84. The van der Waals surface area contributed by atoms with E-state index < -0.39 is 8.32 Å². The van der Waals surface area contributed by atoms with Gasteiger partial charge in [0.2, 0.25) is 0 Å². The van der Waals surface area contributed by atoms with E-state index in [0.717, 1.165) is 6.04 Å². The largest absolute Gasteiger partial charge is 0.414 e. The van der Waals surface area contributed by atoms with E-state index in [0.29, 0.717) is 6.61 Å². The summed E-state index contributed by atoms with van der Waals surface area (Å²) in [4.78, 5) is 0. The molecule has 0 aromatic rings. The number of rotatable bonds is 5. The molecule has 0 bridgehead atoms. The number of allylic oxidation sites excluding steroid dienone is 1. The van der Waals surface area contributed by atoms with Gasteiger partial charge in [0.1, 0.15) is 0 Å². The molecular formula is C11H30O2Si. The van der Waals surface area contributed by atoms with Crippen molar-refractivity contribution >= 4 is 8.32 Å². The molecule has 0 amide bonds. The lowest BCUT2D eigenvalue weighted by atomic mass is 10.5. The third kappa shape index (κ3) is 14.4. The highest BCUT2D eigenvalue weighted by molar-refractivity contribution is 6.71. The highest BCUT2D eigenvalue weighted by atomic mass is 28.4.